The van der Waals surface area contributed by atoms with E-state index in [-0.39, 0.29) is 5.91 Å². The van der Waals surface area contributed by atoms with Crippen LogP contribution in [0.25, 0.3) is 0 Å². The van der Waals surface area contributed by atoms with Crippen molar-refractivity contribution in [2.24, 2.45) is 10.9 Å². The lowest BCUT2D eigenvalue weighted by Crippen LogP contribution is -2.45. The lowest BCUT2D eigenvalue weighted by Gasteiger charge is -2.33. The summed E-state index contributed by atoms with van der Waals surface area (Å²) in [5, 5.41) is 0.666. The van der Waals surface area contributed by atoms with Crippen molar-refractivity contribution < 1.29 is 9.53 Å². The van der Waals surface area contributed by atoms with Crippen LogP contribution < -0.4 is 9.64 Å². The topological polar surface area (TPSA) is 45.1 Å². The largest absolute Gasteiger partial charge is 0.457 e. The average molecular weight is 460 g/mol. The first-order chi connectivity index (χ1) is 16.1. The minimum absolute atomic E-state index is 0.0454. The molecule has 2 heterocycles. The van der Waals surface area contributed by atoms with Gasteiger partial charge in [0.2, 0.25) is 0 Å². The molecule has 0 bridgehead atoms. The Morgan fingerprint density at radius 3 is 2.42 bits per heavy atom. The number of carbonyl (C=O) groups excluding carboxylic acids is 1. The highest BCUT2D eigenvalue weighted by Crippen LogP contribution is 2.32. The van der Waals surface area contributed by atoms with Crippen LogP contribution in [-0.2, 0) is 4.79 Å². The fourth-order valence-electron chi connectivity index (χ4n) is 4.48. The Bertz CT molecular complexity index is 1170. The minimum atomic E-state index is -0.0454. The highest BCUT2D eigenvalue weighted by molar-refractivity contribution is 6.54. The fraction of sp³-hybridized carbons (Fsp3) is 0.259. The SMILES string of the molecule is CC1CCCN(CN2C(=O)C(=Nc3ccc(Oc4ccc(Cl)cc4)cc3)c3ccccc32)C1. The zero-order valence-electron chi connectivity index (χ0n) is 18.6. The highest BCUT2D eigenvalue weighted by Gasteiger charge is 2.35. The summed E-state index contributed by atoms with van der Waals surface area (Å²) in [4.78, 5) is 22.4. The summed E-state index contributed by atoms with van der Waals surface area (Å²) >= 11 is 5.93. The lowest BCUT2D eigenvalue weighted by molar-refractivity contribution is -0.112. The number of aliphatic imine (C=N–C) groups is 1. The van der Waals surface area contributed by atoms with Crippen LogP contribution in [0.2, 0.25) is 5.02 Å². The van der Waals surface area contributed by atoms with Gasteiger partial charge in [-0.15, -0.1) is 0 Å². The molecule has 2 aliphatic heterocycles. The van der Waals surface area contributed by atoms with Crippen LogP contribution in [-0.4, -0.2) is 36.3 Å². The molecule has 3 aromatic carbocycles. The van der Waals surface area contributed by atoms with Gasteiger partial charge in [0.15, 0.2) is 0 Å². The minimum Gasteiger partial charge on any atom is -0.457 e. The van der Waals surface area contributed by atoms with E-state index in [1.54, 1.807) is 12.1 Å². The van der Waals surface area contributed by atoms with Crippen molar-refractivity contribution in [3.63, 3.8) is 0 Å². The van der Waals surface area contributed by atoms with Crippen molar-refractivity contribution in [3.8, 4) is 11.5 Å². The third-order valence-electron chi connectivity index (χ3n) is 6.11. The maximum Gasteiger partial charge on any atom is 0.278 e. The number of halogens is 1. The molecule has 1 atom stereocenters. The van der Waals surface area contributed by atoms with Crippen LogP contribution >= 0.6 is 11.6 Å². The van der Waals surface area contributed by atoms with Gasteiger partial charge in [-0.1, -0.05) is 36.7 Å². The summed E-state index contributed by atoms with van der Waals surface area (Å²) in [6, 6.07) is 22.6. The van der Waals surface area contributed by atoms with Gasteiger partial charge in [-0.3, -0.25) is 14.6 Å². The summed E-state index contributed by atoms with van der Waals surface area (Å²) in [6.45, 7) is 4.93. The average Bonchev–Trinajstić information content (AvgIpc) is 3.08. The van der Waals surface area contributed by atoms with Gasteiger partial charge in [0.25, 0.3) is 5.91 Å². The quantitative estimate of drug-likeness (QED) is 0.450. The van der Waals surface area contributed by atoms with Crippen LogP contribution in [0.5, 0.6) is 11.5 Å². The van der Waals surface area contributed by atoms with E-state index >= 15 is 0 Å². The molecule has 0 aromatic heterocycles. The van der Waals surface area contributed by atoms with Crippen LogP contribution in [0.4, 0.5) is 11.4 Å². The molecule has 0 spiro atoms. The fourth-order valence-corrected chi connectivity index (χ4v) is 4.61. The molecule has 5 nitrogen and oxygen atoms in total. The van der Waals surface area contributed by atoms with Gasteiger partial charge in [0.1, 0.15) is 17.2 Å². The third kappa shape index (κ3) is 4.80. The van der Waals surface area contributed by atoms with E-state index in [4.69, 9.17) is 21.3 Å². The Hall–Kier alpha value is -3.15. The predicted molar refractivity (Wildman–Crippen MR) is 133 cm³/mol. The number of benzene rings is 3. The van der Waals surface area contributed by atoms with Gasteiger partial charge in [0.05, 0.1) is 18.0 Å². The predicted octanol–water partition coefficient (Wildman–Crippen LogP) is 6.29. The summed E-state index contributed by atoms with van der Waals surface area (Å²) < 4.78 is 5.86. The molecule has 168 valence electrons. The molecule has 0 aliphatic carbocycles. The molecule has 6 heteroatoms. The highest BCUT2D eigenvalue weighted by atomic mass is 35.5. The number of anilines is 1. The van der Waals surface area contributed by atoms with E-state index in [0.717, 1.165) is 24.3 Å². The number of carbonyl (C=O) groups is 1. The molecule has 0 N–H and O–H groups in total. The lowest BCUT2D eigenvalue weighted by atomic mass is 10.0. The van der Waals surface area contributed by atoms with Gasteiger partial charge >= 0.3 is 0 Å². The van der Waals surface area contributed by atoms with Crippen LogP contribution in [0.3, 0.4) is 0 Å². The number of likely N-dealkylation sites (tertiary alicyclic amines) is 1. The van der Waals surface area contributed by atoms with Crippen molar-refractivity contribution in [2.75, 3.05) is 24.7 Å². The number of piperidine rings is 1. The number of fused-ring (bicyclic) bond motifs is 1. The maximum atomic E-state index is 13.4. The number of ether oxygens (including phenoxy) is 1. The van der Waals surface area contributed by atoms with Crippen molar-refractivity contribution >= 4 is 34.6 Å². The van der Waals surface area contributed by atoms with Crippen molar-refractivity contribution in [1.29, 1.82) is 0 Å². The Morgan fingerprint density at radius 1 is 1.00 bits per heavy atom. The van der Waals surface area contributed by atoms with Gasteiger partial charge in [0, 0.05) is 17.1 Å². The first-order valence-electron chi connectivity index (χ1n) is 11.3. The summed E-state index contributed by atoms with van der Waals surface area (Å²) in [6.07, 6.45) is 2.43. The molecule has 2 aliphatic rings. The molecule has 5 rings (SSSR count). The van der Waals surface area contributed by atoms with Gasteiger partial charge in [-0.25, -0.2) is 4.99 Å². The van der Waals surface area contributed by atoms with Crippen molar-refractivity contribution in [1.82, 2.24) is 4.90 Å². The van der Waals surface area contributed by atoms with Gasteiger partial charge in [-0.05, 0) is 79.9 Å². The van der Waals surface area contributed by atoms with Crippen LogP contribution in [0.1, 0.15) is 25.3 Å². The molecular weight excluding hydrogens is 434 g/mol. The maximum absolute atomic E-state index is 13.4. The molecule has 1 amide bonds. The van der Waals surface area contributed by atoms with Gasteiger partial charge < -0.3 is 4.74 Å². The number of amides is 1. The normalized spacial score (nSPS) is 19.7. The number of rotatable bonds is 5. The third-order valence-corrected chi connectivity index (χ3v) is 6.36. The van der Waals surface area contributed by atoms with Crippen molar-refractivity contribution in [2.45, 2.75) is 19.8 Å². The smallest absolute Gasteiger partial charge is 0.278 e. The van der Waals surface area contributed by atoms with Gasteiger partial charge in [-0.2, -0.15) is 0 Å². The zero-order chi connectivity index (χ0) is 22.8. The second kappa shape index (κ2) is 9.38. The van der Waals surface area contributed by atoms with E-state index < -0.39 is 0 Å². The number of hydrogen-bond donors (Lipinski definition) is 0. The number of para-hydroxylation sites is 1. The second-order valence-corrected chi connectivity index (χ2v) is 9.16. The molecule has 1 saturated heterocycles. The Morgan fingerprint density at radius 2 is 1.70 bits per heavy atom. The monoisotopic (exact) mass is 459 g/mol. The summed E-state index contributed by atoms with van der Waals surface area (Å²) in [5.41, 5.74) is 3.02. The molecule has 33 heavy (non-hydrogen) atoms. The molecule has 3 aromatic rings. The summed E-state index contributed by atoms with van der Waals surface area (Å²) in [7, 11) is 0. The first kappa shape index (κ1) is 21.7. The van der Waals surface area contributed by atoms with E-state index in [9.17, 15) is 4.79 Å². The van der Waals surface area contributed by atoms with E-state index in [2.05, 4.69) is 11.8 Å². The van der Waals surface area contributed by atoms with Crippen LogP contribution in [0, 0.1) is 5.92 Å². The van der Waals surface area contributed by atoms with E-state index in [0.29, 0.717) is 40.5 Å². The Balaban J connectivity index is 1.36. The second-order valence-electron chi connectivity index (χ2n) is 8.73. The zero-order valence-corrected chi connectivity index (χ0v) is 19.3. The molecule has 0 saturated carbocycles. The Kier molecular flexibility index (Phi) is 6.16. The molecular formula is C27H26ClN3O2. The number of nitrogens with zero attached hydrogens (tertiary/aromatic N) is 3. The Labute approximate surface area is 199 Å². The van der Waals surface area contributed by atoms with Crippen molar-refractivity contribution in [3.05, 3.63) is 83.4 Å². The standard InChI is InChI=1S/C27H26ClN3O2/c1-19-5-4-16-30(17-19)18-31-25-7-3-2-6-24(25)26(27(31)32)29-21-10-14-23(15-11-21)33-22-12-8-20(28)9-13-22/h2-3,6-15,19H,4-5,16-18H2,1H3. The molecule has 0 radical (unpaired) electrons. The molecule has 1 fully saturated rings. The summed E-state index contributed by atoms with van der Waals surface area (Å²) in [5.74, 6) is 2.02. The molecule has 1 unspecified atom stereocenters. The number of hydrogen-bond acceptors (Lipinski definition) is 4. The van der Waals surface area contributed by atoms with E-state index in [1.165, 1.54) is 12.8 Å². The van der Waals surface area contributed by atoms with Crippen LogP contribution in [0.15, 0.2) is 77.8 Å². The first-order valence-corrected chi connectivity index (χ1v) is 11.7. The van der Waals surface area contributed by atoms with E-state index in [1.807, 2.05) is 65.6 Å².